The van der Waals surface area contributed by atoms with Crippen LogP contribution in [0.25, 0.3) is 0 Å². The summed E-state index contributed by atoms with van der Waals surface area (Å²) in [6.07, 6.45) is 66.5. The number of carbonyl (C=O) groups excluding carboxylic acids is 1. The van der Waals surface area contributed by atoms with E-state index in [4.69, 9.17) is 0 Å². The Balaban J connectivity index is 3.67. The Morgan fingerprint density at radius 3 is 1.02 bits per heavy atom. The number of amides is 1. The van der Waals surface area contributed by atoms with E-state index in [9.17, 15) is 25.2 Å². The highest BCUT2D eigenvalue weighted by molar-refractivity contribution is 5.80. The zero-order valence-electron chi connectivity index (χ0n) is 43.5. The number of aliphatic hydroxyl groups excluding tert-OH is 4. The van der Waals surface area contributed by atoms with Gasteiger partial charge in [-0.15, -0.1) is 0 Å². The van der Waals surface area contributed by atoms with Crippen LogP contribution >= 0.6 is 0 Å². The SMILES string of the molecule is CCCCCCCCCCC/C=C\C/C=C\CCCCCCCCC(O)C(=O)NC(CO)C(O)C(O)CCC/C=C/CCCCCCCCCCCCCCCCCCCCCCCC. The Bertz CT molecular complexity index is 1030. The van der Waals surface area contributed by atoms with Gasteiger partial charge < -0.3 is 25.7 Å². The second-order valence-electron chi connectivity index (χ2n) is 20.0. The van der Waals surface area contributed by atoms with Crippen molar-refractivity contribution in [2.75, 3.05) is 6.61 Å². The first kappa shape index (κ1) is 63.5. The van der Waals surface area contributed by atoms with Crippen molar-refractivity contribution >= 4 is 5.91 Å². The van der Waals surface area contributed by atoms with Crippen molar-refractivity contribution in [3.63, 3.8) is 0 Å². The van der Waals surface area contributed by atoms with E-state index in [1.165, 1.54) is 218 Å². The van der Waals surface area contributed by atoms with Gasteiger partial charge in [0.15, 0.2) is 0 Å². The first-order valence-electron chi connectivity index (χ1n) is 28.9. The van der Waals surface area contributed by atoms with Crippen LogP contribution in [0.15, 0.2) is 36.5 Å². The molecule has 0 aromatic rings. The molecule has 65 heavy (non-hydrogen) atoms. The lowest BCUT2D eigenvalue weighted by Gasteiger charge is -2.27. The third kappa shape index (κ3) is 47.4. The zero-order chi connectivity index (χ0) is 47.4. The van der Waals surface area contributed by atoms with Crippen molar-refractivity contribution in [3.8, 4) is 0 Å². The van der Waals surface area contributed by atoms with Crippen LogP contribution in [-0.2, 0) is 4.79 Å². The molecule has 1 amide bonds. The van der Waals surface area contributed by atoms with Crippen molar-refractivity contribution in [2.24, 2.45) is 0 Å². The largest absolute Gasteiger partial charge is 0.394 e. The van der Waals surface area contributed by atoms with Crippen LogP contribution < -0.4 is 5.32 Å². The van der Waals surface area contributed by atoms with E-state index in [1.807, 2.05) is 0 Å². The van der Waals surface area contributed by atoms with Gasteiger partial charge in [0.2, 0.25) is 5.91 Å². The third-order valence-electron chi connectivity index (χ3n) is 13.6. The van der Waals surface area contributed by atoms with Crippen LogP contribution in [-0.4, -0.2) is 57.3 Å². The highest BCUT2D eigenvalue weighted by atomic mass is 16.3. The molecular weight excluding hydrogens is 803 g/mol. The maximum atomic E-state index is 12.6. The third-order valence-corrected chi connectivity index (χ3v) is 13.6. The molecule has 4 unspecified atom stereocenters. The molecule has 0 radical (unpaired) electrons. The summed E-state index contributed by atoms with van der Waals surface area (Å²) < 4.78 is 0. The van der Waals surface area contributed by atoms with Crippen molar-refractivity contribution in [1.82, 2.24) is 5.32 Å². The van der Waals surface area contributed by atoms with Gasteiger partial charge in [-0.2, -0.15) is 0 Å². The maximum Gasteiger partial charge on any atom is 0.249 e. The highest BCUT2D eigenvalue weighted by Crippen LogP contribution is 2.17. The van der Waals surface area contributed by atoms with Crippen LogP contribution in [0.3, 0.4) is 0 Å². The minimum Gasteiger partial charge on any atom is -0.394 e. The van der Waals surface area contributed by atoms with Crippen LogP contribution in [0, 0.1) is 0 Å². The lowest BCUT2D eigenvalue weighted by molar-refractivity contribution is -0.132. The second kappa shape index (κ2) is 53.5. The molecule has 0 fully saturated rings. The summed E-state index contributed by atoms with van der Waals surface area (Å²) in [5, 5.41) is 44.0. The predicted octanol–water partition coefficient (Wildman–Crippen LogP) is 16.8. The molecule has 0 aliphatic heterocycles. The van der Waals surface area contributed by atoms with Crippen molar-refractivity contribution in [1.29, 1.82) is 0 Å². The fraction of sp³-hybridized carbons (Fsp3) is 0.881. The molecule has 0 aliphatic carbocycles. The summed E-state index contributed by atoms with van der Waals surface area (Å²) in [5.74, 6) is -0.598. The summed E-state index contributed by atoms with van der Waals surface area (Å²) in [6, 6.07) is -1.01. The summed E-state index contributed by atoms with van der Waals surface area (Å²) >= 11 is 0. The Kier molecular flexibility index (Phi) is 52.3. The van der Waals surface area contributed by atoms with Gasteiger partial charge in [-0.3, -0.25) is 4.79 Å². The number of carbonyl (C=O) groups is 1. The highest BCUT2D eigenvalue weighted by Gasteiger charge is 2.28. The normalized spacial score (nSPS) is 14.0. The quantitative estimate of drug-likeness (QED) is 0.0308. The number of allylic oxidation sites excluding steroid dienone is 6. The molecule has 0 bridgehead atoms. The number of unbranched alkanes of at least 4 members (excludes halogenated alkanes) is 38. The van der Waals surface area contributed by atoms with Crippen LogP contribution in [0.1, 0.15) is 303 Å². The average Bonchev–Trinajstić information content (AvgIpc) is 3.31. The van der Waals surface area contributed by atoms with Gasteiger partial charge in [0.1, 0.15) is 12.2 Å². The van der Waals surface area contributed by atoms with E-state index in [0.29, 0.717) is 12.8 Å². The number of aliphatic hydroxyl groups is 4. The molecule has 0 spiro atoms. The van der Waals surface area contributed by atoms with Gasteiger partial charge in [-0.25, -0.2) is 0 Å². The first-order chi connectivity index (χ1) is 32.0. The van der Waals surface area contributed by atoms with Crippen LogP contribution in [0.4, 0.5) is 0 Å². The molecule has 5 N–H and O–H groups in total. The van der Waals surface area contributed by atoms with Gasteiger partial charge in [0.05, 0.1) is 18.8 Å². The van der Waals surface area contributed by atoms with Gasteiger partial charge in [-0.1, -0.05) is 269 Å². The number of nitrogens with one attached hydrogen (secondary N) is 1. The first-order valence-corrected chi connectivity index (χ1v) is 28.9. The molecule has 0 aliphatic rings. The monoisotopic (exact) mass is 916 g/mol. The summed E-state index contributed by atoms with van der Waals surface area (Å²) in [5.41, 5.74) is 0. The molecule has 0 rings (SSSR count). The Morgan fingerprint density at radius 1 is 0.385 bits per heavy atom. The molecule has 0 heterocycles. The number of hydrogen-bond acceptors (Lipinski definition) is 5. The average molecular weight is 917 g/mol. The molecule has 4 atom stereocenters. The minimum atomic E-state index is -1.29. The van der Waals surface area contributed by atoms with E-state index in [2.05, 4.69) is 55.6 Å². The van der Waals surface area contributed by atoms with Crippen molar-refractivity contribution in [2.45, 2.75) is 327 Å². The maximum absolute atomic E-state index is 12.6. The summed E-state index contributed by atoms with van der Waals surface area (Å²) in [7, 11) is 0. The minimum absolute atomic E-state index is 0.351. The van der Waals surface area contributed by atoms with Crippen LogP contribution in [0.2, 0.25) is 0 Å². The molecular formula is C59H113NO5. The fourth-order valence-electron chi connectivity index (χ4n) is 9.03. The van der Waals surface area contributed by atoms with Gasteiger partial charge in [0.25, 0.3) is 0 Å². The molecule has 0 saturated carbocycles. The molecule has 0 aromatic heterocycles. The van der Waals surface area contributed by atoms with E-state index in [0.717, 1.165) is 57.8 Å². The summed E-state index contributed by atoms with van der Waals surface area (Å²) in [6.45, 7) is 4.07. The Labute approximate surface area is 405 Å². The van der Waals surface area contributed by atoms with Gasteiger partial charge in [-0.05, 0) is 70.6 Å². The summed E-state index contributed by atoms with van der Waals surface area (Å²) in [4.78, 5) is 12.6. The van der Waals surface area contributed by atoms with E-state index in [-0.39, 0.29) is 0 Å². The molecule has 0 aromatic carbocycles. The molecule has 6 heteroatoms. The topological polar surface area (TPSA) is 110 Å². The smallest absolute Gasteiger partial charge is 0.249 e. The van der Waals surface area contributed by atoms with Crippen molar-refractivity contribution < 1.29 is 25.2 Å². The zero-order valence-corrected chi connectivity index (χ0v) is 43.5. The number of hydrogen-bond donors (Lipinski definition) is 5. The number of rotatable bonds is 53. The van der Waals surface area contributed by atoms with Crippen molar-refractivity contribution in [3.05, 3.63) is 36.5 Å². The molecule has 384 valence electrons. The van der Waals surface area contributed by atoms with Gasteiger partial charge in [0, 0.05) is 0 Å². The standard InChI is InChI=1S/C59H113NO5/c1-3-5-7-9-11-13-15-17-19-21-23-25-27-28-29-30-31-33-34-36-38-40-42-44-46-48-50-52-56(62)58(64)55(54-61)60-59(65)57(63)53-51-49-47-45-43-41-39-37-35-32-26-24-22-20-18-16-14-12-10-8-6-4-2/h24,26,35,37,44,46,55-58,61-64H,3-23,25,27-34,36,38-43,45,47-54H2,1-2H3,(H,60,65)/b26-24-,37-35-,46-44+. The predicted molar refractivity (Wildman–Crippen MR) is 284 cm³/mol. The van der Waals surface area contributed by atoms with Crippen LogP contribution in [0.5, 0.6) is 0 Å². The Morgan fingerprint density at radius 2 is 0.677 bits per heavy atom. The lowest BCUT2D eigenvalue weighted by atomic mass is 10.00. The van der Waals surface area contributed by atoms with E-state index in [1.54, 1.807) is 0 Å². The van der Waals surface area contributed by atoms with E-state index < -0.39 is 36.9 Å². The molecule has 6 nitrogen and oxygen atoms in total. The Hall–Kier alpha value is -1.47. The van der Waals surface area contributed by atoms with Gasteiger partial charge >= 0.3 is 0 Å². The van der Waals surface area contributed by atoms with E-state index >= 15 is 0 Å². The fourth-order valence-corrected chi connectivity index (χ4v) is 9.03. The molecule has 0 saturated heterocycles. The second-order valence-corrected chi connectivity index (χ2v) is 20.0. The lowest BCUT2D eigenvalue weighted by Crippen LogP contribution is -2.53.